The van der Waals surface area contributed by atoms with Crippen molar-refractivity contribution in [2.45, 2.75) is 25.7 Å². The van der Waals surface area contributed by atoms with E-state index < -0.39 is 8.07 Å². The quantitative estimate of drug-likeness (QED) is 0.546. The van der Waals surface area contributed by atoms with Gasteiger partial charge in [0, 0.05) is 12.7 Å². The summed E-state index contributed by atoms with van der Waals surface area (Å²) >= 11 is 0. The Morgan fingerprint density at radius 1 is 0.957 bits per heavy atom. The third-order valence-electron chi connectivity index (χ3n) is 3.36. The van der Waals surface area contributed by atoms with Gasteiger partial charge in [0.1, 0.15) is 14.2 Å². The molecular weight excluding hydrogens is 296 g/mol. The highest BCUT2D eigenvalue weighted by molar-refractivity contribution is 6.84. The van der Waals surface area contributed by atoms with Crippen LogP contribution in [0, 0.1) is 11.5 Å². The molecule has 2 heteroatoms. The first kappa shape index (κ1) is 17.3. The van der Waals surface area contributed by atoms with E-state index in [9.17, 15) is 0 Å². The van der Waals surface area contributed by atoms with Gasteiger partial charge in [-0.15, -0.1) is 5.54 Å². The zero-order chi connectivity index (χ0) is 16.7. The number of rotatable bonds is 4. The number of hydrogen-bond acceptors (Lipinski definition) is 1. The highest BCUT2D eigenvalue weighted by Gasteiger charge is 2.11. The van der Waals surface area contributed by atoms with Crippen LogP contribution in [0.15, 0.2) is 66.7 Å². The Balaban J connectivity index is 2.45. The molecule has 1 nitrogen and oxygen atoms in total. The van der Waals surface area contributed by atoms with Crippen molar-refractivity contribution in [3.63, 3.8) is 0 Å². The molecular formula is C21H24OSi. The van der Waals surface area contributed by atoms with Gasteiger partial charge in [0.2, 0.25) is 0 Å². The highest BCUT2D eigenvalue weighted by atomic mass is 28.3. The lowest BCUT2D eigenvalue weighted by Crippen LogP contribution is -2.16. The van der Waals surface area contributed by atoms with Gasteiger partial charge in [0.15, 0.2) is 0 Å². The van der Waals surface area contributed by atoms with Crippen LogP contribution in [0.3, 0.4) is 0 Å². The first-order chi connectivity index (χ1) is 11.0. The van der Waals surface area contributed by atoms with Crippen molar-refractivity contribution < 1.29 is 4.74 Å². The van der Waals surface area contributed by atoms with Gasteiger partial charge in [-0.1, -0.05) is 86.2 Å². The van der Waals surface area contributed by atoms with Crippen LogP contribution in [0.5, 0.6) is 0 Å². The van der Waals surface area contributed by atoms with E-state index in [-0.39, 0.29) is 6.10 Å². The minimum atomic E-state index is -1.44. The van der Waals surface area contributed by atoms with Crippen molar-refractivity contribution in [3.8, 4) is 11.5 Å². The first-order valence-electron chi connectivity index (χ1n) is 7.88. The molecule has 0 heterocycles. The van der Waals surface area contributed by atoms with E-state index in [0.717, 1.165) is 16.7 Å². The second kappa shape index (κ2) is 7.96. The molecule has 23 heavy (non-hydrogen) atoms. The van der Waals surface area contributed by atoms with Gasteiger partial charge < -0.3 is 4.74 Å². The number of ether oxygens (including phenoxy) is 1. The van der Waals surface area contributed by atoms with Crippen LogP contribution in [-0.2, 0) is 4.74 Å². The summed E-state index contributed by atoms with van der Waals surface area (Å²) in [7, 11) is 0.303. The van der Waals surface area contributed by atoms with E-state index in [1.165, 1.54) is 0 Å². The van der Waals surface area contributed by atoms with Crippen molar-refractivity contribution >= 4 is 13.6 Å². The molecule has 0 aromatic heterocycles. The second-order valence-electron chi connectivity index (χ2n) is 6.51. The predicted octanol–water partition coefficient (Wildman–Crippen LogP) is 5.34. The Morgan fingerprint density at radius 2 is 1.52 bits per heavy atom. The van der Waals surface area contributed by atoms with E-state index in [2.05, 4.69) is 61.4 Å². The average Bonchev–Trinajstić information content (AvgIpc) is 2.56. The predicted molar refractivity (Wildman–Crippen MR) is 102 cm³/mol. The standard InChI is InChI=1S/C21H24OSi/c1-22-21(19-13-9-6-10-14-19)17-20(15-16-23(2,3)4)18-11-7-5-8-12-18/h5-14,17,21H,1-4H3/b20-17-. The Bertz CT molecular complexity index is 700. The summed E-state index contributed by atoms with van der Waals surface area (Å²) in [5, 5.41) is 0. The highest BCUT2D eigenvalue weighted by Crippen LogP contribution is 2.23. The van der Waals surface area contributed by atoms with Crippen molar-refractivity contribution in [1.82, 2.24) is 0 Å². The molecule has 2 rings (SSSR count). The number of benzene rings is 2. The minimum Gasteiger partial charge on any atom is -0.373 e. The molecule has 0 fully saturated rings. The van der Waals surface area contributed by atoms with Gasteiger partial charge in [-0.3, -0.25) is 0 Å². The van der Waals surface area contributed by atoms with Crippen LogP contribution < -0.4 is 0 Å². The van der Waals surface area contributed by atoms with Crippen molar-refractivity contribution in [2.75, 3.05) is 7.11 Å². The molecule has 118 valence electrons. The zero-order valence-corrected chi connectivity index (χ0v) is 15.3. The monoisotopic (exact) mass is 320 g/mol. The van der Waals surface area contributed by atoms with E-state index in [1.54, 1.807) is 7.11 Å². The van der Waals surface area contributed by atoms with Gasteiger partial charge >= 0.3 is 0 Å². The third-order valence-corrected chi connectivity index (χ3v) is 4.23. The summed E-state index contributed by atoms with van der Waals surface area (Å²) in [6.45, 7) is 6.77. The normalized spacial score (nSPS) is 13.1. The molecule has 1 atom stereocenters. The largest absolute Gasteiger partial charge is 0.373 e. The summed E-state index contributed by atoms with van der Waals surface area (Å²) in [5.41, 5.74) is 6.77. The molecule has 0 radical (unpaired) electrons. The Morgan fingerprint density at radius 3 is 2.04 bits per heavy atom. The molecule has 0 saturated heterocycles. The van der Waals surface area contributed by atoms with Crippen molar-refractivity contribution in [1.29, 1.82) is 0 Å². The fourth-order valence-electron chi connectivity index (χ4n) is 2.18. The summed E-state index contributed by atoms with van der Waals surface area (Å²) < 4.78 is 5.69. The van der Waals surface area contributed by atoms with E-state index in [1.807, 2.05) is 36.4 Å². The first-order valence-corrected chi connectivity index (χ1v) is 11.4. The van der Waals surface area contributed by atoms with Crippen LogP contribution in [0.1, 0.15) is 17.2 Å². The number of allylic oxidation sites excluding steroid dienone is 1. The fraction of sp³-hybridized carbons (Fsp3) is 0.238. The fourth-order valence-corrected chi connectivity index (χ4v) is 2.69. The third kappa shape index (κ3) is 5.56. The average molecular weight is 321 g/mol. The molecule has 0 bridgehead atoms. The Kier molecular flexibility index (Phi) is 5.98. The molecule has 0 aliphatic rings. The molecule has 1 unspecified atom stereocenters. The van der Waals surface area contributed by atoms with Crippen LogP contribution in [0.25, 0.3) is 5.57 Å². The maximum atomic E-state index is 5.69. The summed E-state index contributed by atoms with van der Waals surface area (Å²) in [6.07, 6.45) is 2.03. The lowest BCUT2D eigenvalue weighted by atomic mass is 10.0. The van der Waals surface area contributed by atoms with Gasteiger partial charge in [-0.2, -0.15) is 0 Å². The van der Waals surface area contributed by atoms with Crippen LogP contribution in [0.2, 0.25) is 19.6 Å². The molecule has 0 aliphatic heterocycles. The van der Waals surface area contributed by atoms with Crippen molar-refractivity contribution in [2.24, 2.45) is 0 Å². The minimum absolute atomic E-state index is 0.0951. The smallest absolute Gasteiger partial charge is 0.129 e. The Hall–Kier alpha value is -2.08. The van der Waals surface area contributed by atoms with Crippen LogP contribution in [-0.4, -0.2) is 15.2 Å². The van der Waals surface area contributed by atoms with Crippen molar-refractivity contribution in [3.05, 3.63) is 77.9 Å². The SMILES string of the molecule is COC(/C=C(/C#C[Si](C)(C)C)c1ccccc1)c1ccccc1. The maximum absolute atomic E-state index is 5.69. The van der Waals surface area contributed by atoms with Crippen LogP contribution >= 0.6 is 0 Å². The van der Waals surface area contributed by atoms with Crippen LogP contribution in [0.4, 0.5) is 0 Å². The number of hydrogen-bond donors (Lipinski definition) is 0. The second-order valence-corrected chi connectivity index (χ2v) is 11.3. The van der Waals surface area contributed by atoms with E-state index in [0.29, 0.717) is 0 Å². The molecule has 0 aliphatic carbocycles. The molecule has 0 spiro atoms. The van der Waals surface area contributed by atoms with Gasteiger partial charge in [-0.05, 0) is 17.2 Å². The number of methoxy groups -OCH3 is 1. The van der Waals surface area contributed by atoms with E-state index >= 15 is 0 Å². The Labute approximate surface area is 141 Å². The van der Waals surface area contributed by atoms with Gasteiger partial charge in [0.05, 0.1) is 0 Å². The molecule has 0 amide bonds. The lowest BCUT2D eigenvalue weighted by molar-refractivity contribution is 0.143. The van der Waals surface area contributed by atoms with Gasteiger partial charge in [0.25, 0.3) is 0 Å². The summed E-state index contributed by atoms with van der Waals surface area (Å²) in [5.74, 6) is 3.40. The van der Waals surface area contributed by atoms with Gasteiger partial charge in [-0.25, -0.2) is 0 Å². The summed E-state index contributed by atoms with van der Waals surface area (Å²) in [6, 6.07) is 20.6. The lowest BCUT2D eigenvalue weighted by Gasteiger charge is -2.13. The molecule has 2 aromatic carbocycles. The maximum Gasteiger partial charge on any atom is 0.129 e. The molecule has 0 saturated carbocycles. The van der Waals surface area contributed by atoms with E-state index in [4.69, 9.17) is 4.74 Å². The molecule has 2 aromatic rings. The zero-order valence-electron chi connectivity index (χ0n) is 14.3. The summed E-state index contributed by atoms with van der Waals surface area (Å²) in [4.78, 5) is 0. The topological polar surface area (TPSA) is 9.23 Å². The molecule has 0 N–H and O–H groups in total.